The smallest absolute Gasteiger partial charge is 0.256 e. The highest BCUT2D eigenvalue weighted by Crippen LogP contribution is 2.28. The number of amides is 1. The highest BCUT2D eigenvalue weighted by Gasteiger charge is 2.24. The number of hydrogen-bond acceptors (Lipinski definition) is 5. The fraction of sp³-hybridized carbons (Fsp3) is 0.231. The largest absolute Gasteiger partial charge is 0.390 e. The van der Waals surface area contributed by atoms with Crippen LogP contribution in [0.2, 0.25) is 0 Å². The number of nitrogens with zero attached hydrogens (tertiary/aromatic N) is 4. The summed E-state index contributed by atoms with van der Waals surface area (Å²) in [6.07, 6.45) is 3.52. The van der Waals surface area contributed by atoms with E-state index in [2.05, 4.69) is 55.1 Å². The Kier molecular flexibility index (Phi) is 5.58. The minimum absolute atomic E-state index is 0.196. The standard InChI is InChI=1S/C26H27N5O2/c1-29-11-9-19-13-21(6-7-24(19)29)30(2)22-8-10-27-25(14-22)28-26(33)20-5-3-4-18(12-20)15-31-16-23(32)17-31/h3-14,23,32H,15-17H2,1-2H3,(H,27,28,33). The number of β-amino-alcohol motifs (C(OH)–C–C–N with tert-alkyl or cyclic N) is 1. The summed E-state index contributed by atoms with van der Waals surface area (Å²) >= 11 is 0. The van der Waals surface area contributed by atoms with Crippen molar-refractivity contribution in [3.05, 3.63) is 84.2 Å². The lowest BCUT2D eigenvalue weighted by atomic mass is 10.1. The van der Waals surface area contributed by atoms with Crippen LogP contribution in [0.25, 0.3) is 10.9 Å². The molecular formula is C26H27N5O2. The Morgan fingerprint density at radius 3 is 2.76 bits per heavy atom. The van der Waals surface area contributed by atoms with Crippen molar-refractivity contribution in [2.45, 2.75) is 12.6 Å². The molecule has 1 saturated heterocycles. The Labute approximate surface area is 192 Å². The molecule has 168 valence electrons. The van der Waals surface area contributed by atoms with Crippen molar-refractivity contribution in [3.63, 3.8) is 0 Å². The molecule has 4 aromatic rings. The maximum Gasteiger partial charge on any atom is 0.256 e. The third-order valence-corrected chi connectivity index (χ3v) is 6.16. The number of carbonyl (C=O) groups excluding carboxylic acids is 1. The van der Waals surface area contributed by atoms with E-state index in [-0.39, 0.29) is 12.0 Å². The molecule has 0 unspecified atom stereocenters. The van der Waals surface area contributed by atoms with Gasteiger partial charge >= 0.3 is 0 Å². The lowest BCUT2D eigenvalue weighted by Gasteiger charge is -2.35. The molecule has 2 aromatic heterocycles. The lowest BCUT2D eigenvalue weighted by Crippen LogP contribution is -2.49. The molecular weight excluding hydrogens is 414 g/mol. The summed E-state index contributed by atoms with van der Waals surface area (Å²) in [6, 6.07) is 19.8. The van der Waals surface area contributed by atoms with Crippen molar-refractivity contribution in [1.82, 2.24) is 14.5 Å². The fourth-order valence-corrected chi connectivity index (χ4v) is 4.25. The van der Waals surface area contributed by atoms with Crippen molar-refractivity contribution in [3.8, 4) is 0 Å². The molecule has 7 nitrogen and oxygen atoms in total. The first-order valence-corrected chi connectivity index (χ1v) is 11.0. The van der Waals surface area contributed by atoms with Gasteiger partial charge in [-0.15, -0.1) is 0 Å². The number of aliphatic hydroxyl groups is 1. The van der Waals surface area contributed by atoms with Crippen molar-refractivity contribution < 1.29 is 9.90 Å². The van der Waals surface area contributed by atoms with E-state index in [1.165, 1.54) is 10.9 Å². The minimum atomic E-state index is -0.234. The van der Waals surface area contributed by atoms with Crippen LogP contribution in [0, 0.1) is 0 Å². The normalized spacial score (nSPS) is 14.3. The first kappa shape index (κ1) is 21.2. The molecule has 0 radical (unpaired) electrons. The van der Waals surface area contributed by atoms with Gasteiger partial charge < -0.3 is 19.9 Å². The number of aromatic nitrogens is 2. The van der Waals surface area contributed by atoms with Crippen LogP contribution >= 0.6 is 0 Å². The Balaban J connectivity index is 1.30. The molecule has 1 fully saturated rings. The van der Waals surface area contributed by atoms with Crippen LogP contribution in [0.5, 0.6) is 0 Å². The molecule has 1 amide bonds. The predicted molar refractivity (Wildman–Crippen MR) is 131 cm³/mol. The molecule has 2 N–H and O–H groups in total. The van der Waals surface area contributed by atoms with Gasteiger partial charge in [0.25, 0.3) is 5.91 Å². The Bertz CT molecular complexity index is 1310. The number of rotatable bonds is 6. The van der Waals surface area contributed by atoms with Gasteiger partial charge in [0, 0.05) is 80.0 Å². The molecule has 0 atom stereocenters. The zero-order valence-corrected chi connectivity index (χ0v) is 18.8. The highest BCUT2D eigenvalue weighted by molar-refractivity contribution is 6.04. The molecule has 3 heterocycles. The number of benzene rings is 2. The molecule has 0 spiro atoms. The molecule has 0 bridgehead atoms. The number of aliphatic hydroxyl groups excluding tert-OH is 1. The molecule has 0 saturated carbocycles. The van der Waals surface area contributed by atoms with Crippen LogP contribution in [0.15, 0.2) is 73.1 Å². The number of aryl methyl sites for hydroxylation is 1. The van der Waals surface area contributed by atoms with Gasteiger partial charge in [-0.3, -0.25) is 9.69 Å². The van der Waals surface area contributed by atoms with Crippen LogP contribution in [0.4, 0.5) is 17.2 Å². The first-order chi connectivity index (χ1) is 16.0. The Hall–Kier alpha value is -3.68. The van der Waals surface area contributed by atoms with E-state index in [0.29, 0.717) is 24.5 Å². The number of fused-ring (bicyclic) bond motifs is 1. The lowest BCUT2D eigenvalue weighted by molar-refractivity contribution is -0.00287. The second-order valence-corrected chi connectivity index (χ2v) is 8.63. The van der Waals surface area contributed by atoms with E-state index in [0.717, 1.165) is 23.5 Å². The number of carbonyl (C=O) groups is 1. The summed E-state index contributed by atoms with van der Waals surface area (Å²) in [5.41, 5.74) is 4.81. The molecule has 5 rings (SSSR count). The van der Waals surface area contributed by atoms with Crippen molar-refractivity contribution in [2.24, 2.45) is 7.05 Å². The summed E-state index contributed by atoms with van der Waals surface area (Å²) in [7, 11) is 4.04. The van der Waals surface area contributed by atoms with Crippen LogP contribution in [0.3, 0.4) is 0 Å². The zero-order valence-electron chi connectivity index (χ0n) is 18.8. The first-order valence-electron chi connectivity index (χ1n) is 11.0. The SMILES string of the molecule is CN(c1ccnc(NC(=O)c2cccc(CN3CC(O)C3)c2)c1)c1ccc2c(ccn2C)c1. The highest BCUT2D eigenvalue weighted by atomic mass is 16.3. The number of anilines is 3. The van der Waals surface area contributed by atoms with Gasteiger partial charge in [-0.1, -0.05) is 12.1 Å². The average Bonchev–Trinajstić information content (AvgIpc) is 3.18. The van der Waals surface area contributed by atoms with E-state index in [1.54, 1.807) is 12.3 Å². The molecule has 33 heavy (non-hydrogen) atoms. The molecule has 2 aromatic carbocycles. The molecule has 0 aliphatic carbocycles. The van der Waals surface area contributed by atoms with Gasteiger partial charge in [-0.2, -0.15) is 0 Å². The maximum absolute atomic E-state index is 12.9. The van der Waals surface area contributed by atoms with Crippen LogP contribution in [-0.4, -0.2) is 51.7 Å². The van der Waals surface area contributed by atoms with Crippen LogP contribution < -0.4 is 10.2 Å². The van der Waals surface area contributed by atoms with Crippen LogP contribution in [-0.2, 0) is 13.6 Å². The van der Waals surface area contributed by atoms with Gasteiger partial charge in [-0.25, -0.2) is 4.98 Å². The zero-order chi connectivity index (χ0) is 22.9. The van der Waals surface area contributed by atoms with E-state index < -0.39 is 0 Å². The molecule has 1 aliphatic rings. The Morgan fingerprint density at radius 1 is 1.12 bits per heavy atom. The van der Waals surface area contributed by atoms with Gasteiger partial charge in [-0.05, 0) is 48.0 Å². The minimum Gasteiger partial charge on any atom is -0.390 e. The number of likely N-dealkylation sites (tertiary alicyclic amines) is 1. The van der Waals surface area contributed by atoms with Gasteiger partial charge in [0.15, 0.2) is 0 Å². The van der Waals surface area contributed by atoms with Gasteiger partial charge in [0.2, 0.25) is 0 Å². The van der Waals surface area contributed by atoms with E-state index in [4.69, 9.17) is 0 Å². The third-order valence-electron chi connectivity index (χ3n) is 6.16. The summed E-state index contributed by atoms with van der Waals surface area (Å²) < 4.78 is 2.10. The molecule has 1 aliphatic heterocycles. The van der Waals surface area contributed by atoms with Gasteiger partial charge in [0.05, 0.1) is 6.10 Å². The third kappa shape index (κ3) is 4.46. The van der Waals surface area contributed by atoms with E-state index >= 15 is 0 Å². The second kappa shape index (κ2) is 8.69. The number of pyridine rings is 1. The van der Waals surface area contributed by atoms with Gasteiger partial charge in [0.1, 0.15) is 5.82 Å². The maximum atomic E-state index is 12.9. The second-order valence-electron chi connectivity index (χ2n) is 8.63. The van der Waals surface area contributed by atoms with Crippen molar-refractivity contribution in [2.75, 3.05) is 30.4 Å². The van der Waals surface area contributed by atoms with Crippen molar-refractivity contribution in [1.29, 1.82) is 0 Å². The average molecular weight is 442 g/mol. The predicted octanol–water partition coefficient (Wildman–Crippen LogP) is 3.77. The van der Waals surface area contributed by atoms with E-state index in [9.17, 15) is 9.90 Å². The fourth-order valence-electron chi connectivity index (χ4n) is 4.25. The topological polar surface area (TPSA) is 73.6 Å². The van der Waals surface area contributed by atoms with Crippen LogP contribution in [0.1, 0.15) is 15.9 Å². The summed E-state index contributed by atoms with van der Waals surface area (Å²) in [6.45, 7) is 2.08. The summed E-state index contributed by atoms with van der Waals surface area (Å²) in [4.78, 5) is 21.4. The van der Waals surface area contributed by atoms with E-state index in [1.807, 2.05) is 44.4 Å². The quantitative estimate of drug-likeness (QED) is 0.477. The molecule has 7 heteroatoms. The summed E-state index contributed by atoms with van der Waals surface area (Å²) in [5, 5.41) is 13.6. The summed E-state index contributed by atoms with van der Waals surface area (Å²) in [5.74, 6) is 0.305. The number of hydrogen-bond donors (Lipinski definition) is 2. The number of nitrogens with one attached hydrogen (secondary N) is 1. The monoisotopic (exact) mass is 441 g/mol. The Morgan fingerprint density at radius 2 is 1.94 bits per heavy atom. The van der Waals surface area contributed by atoms with Crippen molar-refractivity contribution >= 4 is 34.0 Å².